The molecule has 8 heteroatoms. The fourth-order valence-corrected chi connectivity index (χ4v) is 4.33. The average Bonchev–Trinajstić information content (AvgIpc) is 3.26. The Bertz CT molecular complexity index is 845. The van der Waals surface area contributed by atoms with Gasteiger partial charge in [-0.3, -0.25) is 0 Å². The third kappa shape index (κ3) is 4.19. The van der Waals surface area contributed by atoms with E-state index in [4.69, 9.17) is 4.52 Å². The maximum absolute atomic E-state index is 5.30. The summed E-state index contributed by atoms with van der Waals surface area (Å²) in [5, 5.41) is 16.7. The van der Waals surface area contributed by atoms with Gasteiger partial charge in [0, 0.05) is 12.1 Å². The Balaban J connectivity index is 1.70. The molecular formula is C17H21N5OS2. The second-order valence-electron chi connectivity index (χ2n) is 5.62. The average molecular weight is 376 g/mol. The molecule has 0 aliphatic carbocycles. The molecule has 0 saturated heterocycles. The van der Waals surface area contributed by atoms with Gasteiger partial charge in [-0.25, -0.2) is 0 Å². The van der Waals surface area contributed by atoms with Gasteiger partial charge in [-0.05, 0) is 31.4 Å². The maximum atomic E-state index is 5.30. The van der Waals surface area contributed by atoms with E-state index in [0.29, 0.717) is 5.89 Å². The van der Waals surface area contributed by atoms with E-state index >= 15 is 0 Å². The lowest BCUT2D eigenvalue weighted by Crippen LogP contribution is -1.97. The van der Waals surface area contributed by atoms with E-state index in [0.717, 1.165) is 33.8 Å². The number of nitrogens with zero attached hydrogens (tertiary/aromatic N) is 4. The Kier molecular flexibility index (Phi) is 5.70. The number of hydrogen-bond donors (Lipinski definition) is 1. The van der Waals surface area contributed by atoms with Crippen LogP contribution in [-0.2, 0) is 12.8 Å². The molecule has 1 aromatic carbocycles. The van der Waals surface area contributed by atoms with Crippen molar-refractivity contribution in [3.63, 3.8) is 0 Å². The molecule has 0 aliphatic heterocycles. The fraction of sp³-hybridized carbons (Fsp3) is 0.412. The number of para-hydroxylation sites is 1. The van der Waals surface area contributed by atoms with Gasteiger partial charge in [0.25, 0.3) is 0 Å². The first-order chi connectivity index (χ1) is 12.1. The van der Waals surface area contributed by atoms with E-state index in [9.17, 15) is 0 Å². The fourth-order valence-electron chi connectivity index (χ4n) is 2.39. The van der Waals surface area contributed by atoms with Crippen LogP contribution in [0.25, 0.3) is 0 Å². The van der Waals surface area contributed by atoms with Gasteiger partial charge in [0.1, 0.15) is 0 Å². The second kappa shape index (κ2) is 7.97. The monoisotopic (exact) mass is 375 g/mol. The molecular weight excluding hydrogens is 354 g/mol. The minimum absolute atomic E-state index is 0.0401. The van der Waals surface area contributed by atoms with Crippen LogP contribution in [0.5, 0.6) is 0 Å². The number of thioether (sulfide) groups is 1. The molecule has 1 N–H and O–H groups in total. The molecule has 0 bridgehead atoms. The van der Waals surface area contributed by atoms with Gasteiger partial charge in [-0.2, -0.15) is 4.98 Å². The third-order valence-electron chi connectivity index (χ3n) is 3.80. The summed E-state index contributed by atoms with van der Waals surface area (Å²) in [5.41, 5.74) is 3.60. The minimum Gasteiger partial charge on any atom is -0.338 e. The van der Waals surface area contributed by atoms with Gasteiger partial charge in [0.2, 0.25) is 11.0 Å². The highest BCUT2D eigenvalue weighted by atomic mass is 32.2. The number of anilines is 2. The van der Waals surface area contributed by atoms with Crippen LogP contribution in [0.1, 0.15) is 48.9 Å². The van der Waals surface area contributed by atoms with Crippen LogP contribution in [0.15, 0.2) is 27.1 Å². The van der Waals surface area contributed by atoms with Gasteiger partial charge in [0.15, 0.2) is 10.2 Å². The topological polar surface area (TPSA) is 76.7 Å². The summed E-state index contributed by atoms with van der Waals surface area (Å²) >= 11 is 3.11. The summed E-state index contributed by atoms with van der Waals surface area (Å²) in [7, 11) is 0. The predicted octanol–water partition coefficient (Wildman–Crippen LogP) is 4.95. The van der Waals surface area contributed by atoms with Gasteiger partial charge < -0.3 is 9.84 Å². The number of rotatable bonds is 7. The molecule has 3 rings (SSSR count). The number of hydrogen-bond acceptors (Lipinski definition) is 8. The standard InChI is InChI=1S/C17H21N5OS2/c1-5-12-9-7-8-10(3)14(12)19-16-20-21-17(25-16)24-11(4)15-18-13(6-2)22-23-15/h7-9,11H,5-6H2,1-4H3,(H,19,20). The number of aryl methyl sites for hydroxylation is 3. The summed E-state index contributed by atoms with van der Waals surface area (Å²) in [6.45, 7) is 8.28. The van der Waals surface area contributed by atoms with Crippen molar-refractivity contribution in [3.05, 3.63) is 41.0 Å². The van der Waals surface area contributed by atoms with Crippen molar-refractivity contribution in [2.24, 2.45) is 0 Å². The first-order valence-corrected chi connectivity index (χ1v) is 9.98. The number of nitrogens with one attached hydrogen (secondary N) is 1. The van der Waals surface area contributed by atoms with Crippen LogP contribution >= 0.6 is 23.1 Å². The van der Waals surface area contributed by atoms with Crippen molar-refractivity contribution >= 4 is 33.9 Å². The number of aromatic nitrogens is 4. The normalized spacial score (nSPS) is 12.3. The number of benzene rings is 1. The highest BCUT2D eigenvalue weighted by Gasteiger charge is 2.18. The van der Waals surface area contributed by atoms with Crippen LogP contribution in [0.2, 0.25) is 0 Å². The smallest absolute Gasteiger partial charge is 0.239 e. The van der Waals surface area contributed by atoms with E-state index in [2.05, 4.69) is 57.7 Å². The summed E-state index contributed by atoms with van der Waals surface area (Å²) in [6.07, 6.45) is 1.74. The zero-order valence-corrected chi connectivity index (χ0v) is 16.4. The highest BCUT2D eigenvalue weighted by Crippen LogP contribution is 2.37. The molecule has 2 heterocycles. The van der Waals surface area contributed by atoms with Crippen molar-refractivity contribution in [1.29, 1.82) is 0 Å². The quantitative estimate of drug-likeness (QED) is 0.585. The highest BCUT2D eigenvalue weighted by molar-refractivity contribution is 8.01. The van der Waals surface area contributed by atoms with Gasteiger partial charge in [0.05, 0.1) is 5.25 Å². The molecule has 3 aromatic rings. The SMILES string of the molecule is CCc1noc(C(C)Sc2nnc(Nc3c(C)cccc3CC)s2)n1. The molecule has 0 radical (unpaired) electrons. The summed E-state index contributed by atoms with van der Waals surface area (Å²) in [4.78, 5) is 4.38. The lowest BCUT2D eigenvalue weighted by atomic mass is 10.1. The van der Waals surface area contributed by atoms with E-state index in [1.165, 1.54) is 22.5 Å². The molecule has 25 heavy (non-hydrogen) atoms. The van der Waals surface area contributed by atoms with Crippen LogP contribution < -0.4 is 5.32 Å². The molecule has 1 atom stereocenters. The van der Waals surface area contributed by atoms with E-state index < -0.39 is 0 Å². The van der Waals surface area contributed by atoms with E-state index in [1.54, 1.807) is 11.8 Å². The van der Waals surface area contributed by atoms with Gasteiger partial charge >= 0.3 is 0 Å². The van der Waals surface area contributed by atoms with Crippen LogP contribution in [-0.4, -0.2) is 20.3 Å². The summed E-state index contributed by atoms with van der Waals surface area (Å²) in [5.74, 6) is 1.35. The van der Waals surface area contributed by atoms with Crippen LogP contribution in [0, 0.1) is 6.92 Å². The zero-order valence-electron chi connectivity index (χ0n) is 14.7. The minimum atomic E-state index is 0.0401. The van der Waals surface area contributed by atoms with Crippen molar-refractivity contribution in [2.45, 2.75) is 50.1 Å². The molecule has 132 valence electrons. The molecule has 0 amide bonds. The Labute approximate surface area is 155 Å². The molecule has 6 nitrogen and oxygen atoms in total. The third-order valence-corrected chi connectivity index (χ3v) is 5.81. The van der Waals surface area contributed by atoms with Crippen molar-refractivity contribution in [3.8, 4) is 0 Å². The lowest BCUT2D eigenvalue weighted by Gasteiger charge is -2.11. The molecule has 0 aliphatic rings. The van der Waals surface area contributed by atoms with E-state index in [1.807, 2.05) is 13.8 Å². The van der Waals surface area contributed by atoms with Crippen LogP contribution in [0.3, 0.4) is 0 Å². The first kappa shape index (κ1) is 17.9. The summed E-state index contributed by atoms with van der Waals surface area (Å²) in [6, 6.07) is 6.31. The molecule has 2 aromatic heterocycles. The van der Waals surface area contributed by atoms with Gasteiger partial charge in [-0.15, -0.1) is 10.2 Å². The summed E-state index contributed by atoms with van der Waals surface area (Å²) < 4.78 is 6.17. The molecule has 0 saturated carbocycles. The van der Waals surface area contributed by atoms with Crippen molar-refractivity contribution in [1.82, 2.24) is 20.3 Å². The zero-order chi connectivity index (χ0) is 17.8. The Morgan fingerprint density at radius 2 is 2.08 bits per heavy atom. The maximum Gasteiger partial charge on any atom is 0.239 e. The van der Waals surface area contributed by atoms with Crippen molar-refractivity contribution in [2.75, 3.05) is 5.32 Å². The van der Waals surface area contributed by atoms with Crippen LogP contribution in [0.4, 0.5) is 10.8 Å². The predicted molar refractivity (Wildman–Crippen MR) is 102 cm³/mol. The first-order valence-electron chi connectivity index (χ1n) is 8.28. The van der Waals surface area contributed by atoms with Crippen molar-refractivity contribution < 1.29 is 4.52 Å². The molecule has 1 unspecified atom stereocenters. The second-order valence-corrected chi connectivity index (χ2v) is 8.19. The Morgan fingerprint density at radius 3 is 2.80 bits per heavy atom. The largest absolute Gasteiger partial charge is 0.338 e. The van der Waals surface area contributed by atoms with E-state index in [-0.39, 0.29) is 5.25 Å². The Hall–Kier alpha value is -1.93. The van der Waals surface area contributed by atoms with Gasteiger partial charge in [-0.1, -0.05) is 60.3 Å². The Morgan fingerprint density at radius 1 is 1.24 bits per heavy atom. The molecule has 0 spiro atoms. The molecule has 0 fully saturated rings. The lowest BCUT2D eigenvalue weighted by molar-refractivity contribution is 0.375.